The van der Waals surface area contributed by atoms with Crippen molar-refractivity contribution in [2.24, 2.45) is 0 Å². The van der Waals surface area contributed by atoms with Gasteiger partial charge in [0.25, 0.3) is 0 Å². The zero-order chi connectivity index (χ0) is 13.6. The van der Waals surface area contributed by atoms with Gasteiger partial charge >= 0.3 is 0 Å². The first kappa shape index (κ1) is 12.6. The van der Waals surface area contributed by atoms with E-state index in [1.165, 1.54) is 12.0 Å². The molecule has 19 heavy (non-hydrogen) atoms. The highest BCUT2D eigenvalue weighted by Crippen LogP contribution is 2.54. The largest absolute Gasteiger partial charge is 0.299 e. The van der Waals surface area contributed by atoms with E-state index in [4.69, 9.17) is 12.2 Å². The summed E-state index contributed by atoms with van der Waals surface area (Å²) in [6.07, 6.45) is 1.17. The van der Waals surface area contributed by atoms with E-state index in [1.54, 1.807) is 0 Å². The van der Waals surface area contributed by atoms with Crippen LogP contribution in [0.25, 0.3) is 0 Å². The molecule has 2 atom stereocenters. The molecule has 1 aromatic carbocycles. The molecule has 1 N–H and O–H groups in total. The molecule has 1 aromatic heterocycles. The molecule has 1 fully saturated rings. The van der Waals surface area contributed by atoms with Gasteiger partial charge in [0.15, 0.2) is 4.77 Å². The molecular formula is C15H19N3S. The fourth-order valence-electron chi connectivity index (χ4n) is 2.76. The van der Waals surface area contributed by atoms with Gasteiger partial charge in [-0.15, -0.1) is 0 Å². The van der Waals surface area contributed by atoms with Crippen LogP contribution in [0.2, 0.25) is 0 Å². The highest BCUT2D eigenvalue weighted by molar-refractivity contribution is 7.71. The Morgan fingerprint density at radius 1 is 1.21 bits per heavy atom. The molecule has 0 spiro atoms. The van der Waals surface area contributed by atoms with E-state index in [2.05, 4.69) is 65.9 Å². The number of aromatic amines is 1. The molecule has 1 saturated carbocycles. The number of benzene rings is 1. The second-order valence-electron chi connectivity index (χ2n) is 6.25. The molecule has 0 bridgehead atoms. The molecule has 3 nitrogen and oxygen atoms in total. The molecule has 2 unspecified atom stereocenters. The molecule has 0 amide bonds. The normalized spacial score (nSPS) is 22.5. The van der Waals surface area contributed by atoms with Gasteiger partial charge in [-0.1, -0.05) is 30.3 Å². The lowest BCUT2D eigenvalue weighted by molar-refractivity contribution is 0.377. The summed E-state index contributed by atoms with van der Waals surface area (Å²) in [6, 6.07) is 10.7. The lowest BCUT2D eigenvalue weighted by Gasteiger charge is -2.22. The highest BCUT2D eigenvalue weighted by Gasteiger charge is 2.43. The minimum absolute atomic E-state index is 0.0246. The van der Waals surface area contributed by atoms with Crippen molar-refractivity contribution in [1.82, 2.24) is 14.8 Å². The number of H-pyrrole nitrogens is 1. The van der Waals surface area contributed by atoms with Gasteiger partial charge in [-0.05, 0) is 50.9 Å². The Kier molecular flexibility index (Phi) is 2.86. The summed E-state index contributed by atoms with van der Waals surface area (Å²) in [5.41, 5.74) is 1.38. The van der Waals surface area contributed by atoms with Crippen LogP contribution in [0.15, 0.2) is 30.3 Å². The Balaban J connectivity index is 1.93. The van der Waals surface area contributed by atoms with E-state index in [9.17, 15) is 0 Å². The molecule has 1 aliphatic rings. The maximum atomic E-state index is 5.37. The Hall–Kier alpha value is -1.42. The minimum atomic E-state index is -0.0246. The Morgan fingerprint density at radius 2 is 1.89 bits per heavy atom. The van der Waals surface area contributed by atoms with Crippen molar-refractivity contribution in [3.63, 3.8) is 0 Å². The molecule has 0 radical (unpaired) electrons. The fraction of sp³-hybridized carbons (Fsp3) is 0.467. The first-order chi connectivity index (χ1) is 8.98. The van der Waals surface area contributed by atoms with E-state index in [0.717, 1.165) is 10.6 Å². The number of rotatable bonds is 2. The molecule has 0 aliphatic heterocycles. The quantitative estimate of drug-likeness (QED) is 0.840. The third-order valence-electron chi connectivity index (χ3n) is 3.72. The molecule has 0 saturated heterocycles. The van der Waals surface area contributed by atoms with Crippen LogP contribution in [0, 0.1) is 4.77 Å². The van der Waals surface area contributed by atoms with Crippen LogP contribution in [0.1, 0.15) is 50.4 Å². The fourth-order valence-corrected chi connectivity index (χ4v) is 3.17. The second-order valence-corrected chi connectivity index (χ2v) is 6.64. The molecule has 2 aromatic rings. The molecule has 3 rings (SSSR count). The van der Waals surface area contributed by atoms with Gasteiger partial charge in [0.1, 0.15) is 5.82 Å². The van der Waals surface area contributed by atoms with Gasteiger partial charge in [0, 0.05) is 11.5 Å². The minimum Gasteiger partial charge on any atom is -0.299 e. The van der Waals surface area contributed by atoms with Crippen LogP contribution >= 0.6 is 12.2 Å². The monoisotopic (exact) mass is 273 g/mol. The number of nitrogens with one attached hydrogen (secondary N) is 1. The standard InChI is InChI=1S/C15H19N3S/c1-15(2,3)18-13(16-17-14(18)19)12-9-11(12)10-7-5-4-6-8-10/h4-8,11-12H,9H2,1-3H3,(H,17,19). The summed E-state index contributed by atoms with van der Waals surface area (Å²) in [6.45, 7) is 6.51. The predicted molar refractivity (Wildman–Crippen MR) is 78.9 cm³/mol. The number of nitrogens with zero attached hydrogens (tertiary/aromatic N) is 2. The summed E-state index contributed by atoms with van der Waals surface area (Å²) >= 11 is 5.37. The van der Waals surface area contributed by atoms with Crippen molar-refractivity contribution >= 4 is 12.2 Å². The highest BCUT2D eigenvalue weighted by atomic mass is 32.1. The maximum Gasteiger partial charge on any atom is 0.195 e. The number of hydrogen-bond acceptors (Lipinski definition) is 2. The van der Waals surface area contributed by atoms with Crippen molar-refractivity contribution in [3.8, 4) is 0 Å². The van der Waals surface area contributed by atoms with Gasteiger partial charge in [0.2, 0.25) is 0 Å². The van der Waals surface area contributed by atoms with Gasteiger partial charge in [0.05, 0.1) is 0 Å². The van der Waals surface area contributed by atoms with Crippen LogP contribution in [0.4, 0.5) is 0 Å². The Morgan fingerprint density at radius 3 is 2.53 bits per heavy atom. The van der Waals surface area contributed by atoms with E-state index >= 15 is 0 Å². The maximum absolute atomic E-state index is 5.37. The Labute approximate surface area is 118 Å². The van der Waals surface area contributed by atoms with Crippen molar-refractivity contribution < 1.29 is 0 Å². The molecule has 1 heterocycles. The third-order valence-corrected chi connectivity index (χ3v) is 3.99. The van der Waals surface area contributed by atoms with Gasteiger partial charge < -0.3 is 0 Å². The number of aromatic nitrogens is 3. The van der Waals surface area contributed by atoms with Crippen molar-refractivity contribution in [3.05, 3.63) is 46.5 Å². The second kappa shape index (κ2) is 4.30. The summed E-state index contributed by atoms with van der Waals surface area (Å²) in [4.78, 5) is 0. The van der Waals surface area contributed by atoms with E-state index in [1.807, 2.05) is 0 Å². The van der Waals surface area contributed by atoms with Crippen LogP contribution in [-0.4, -0.2) is 14.8 Å². The van der Waals surface area contributed by atoms with Crippen molar-refractivity contribution in [1.29, 1.82) is 0 Å². The number of hydrogen-bond donors (Lipinski definition) is 1. The average Bonchev–Trinajstić information content (AvgIpc) is 3.05. The van der Waals surface area contributed by atoms with Crippen molar-refractivity contribution in [2.75, 3.05) is 0 Å². The Bertz CT molecular complexity index is 633. The van der Waals surface area contributed by atoms with Crippen LogP contribution in [0.3, 0.4) is 0 Å². The summed E-state index contributed by atoms with van der Waals surface area (Å²) in [7, 11) is 0. The lowest BCUT2D eigenvalue weighted by atomic mass is 10.1. The first-order valence-corrected chi connectivity index (χ1v) is 7.12. The molecule has 4 heteroatoms. The SMILES string of the molecule is CC(C)(C)n1c(C2CC2c2ccccc2)n[nH]c1=S. The molecule has 1 aliphatic carbocycles. The van der Waals surface area contributed by atoms with Crippen LogP contribution < -0.4 is 0 Å². The zero-order valence-electron chi connectivity index (χ0n) is 11.6. The van der Waals surface area contributed by atoms with Crippen LogP contribution in [-0.2, 0) is 5.54 Å². The van der Waals surface area contributed by atoms with E-state index < -0.39 is 0 Å². The summed E-state index contributed by atoms with van der Waals surface area (Å²) in [5, 5.41) is 7.42. The van der Waals surface area contributed by atoms with E-state index in [0.29, 0.717) is 11.8 Å². The van der Waals surface area contributed by atoms with Crippen LogP contribution in [0.5, 0.6) is 0 Å². The van der Waals surface area contributed by atoms with Gasteiger partial charge in [-0.2, -0.15) is 5.10 Å². The van der Waals surface area contributed by atoms with Crippen molar-refractivity contribution in [2.45, 2.75) is 44.6 Å². The van der Waals surface area contributed by atoms with E-state index in [-0.39, 0.29) is 5.54 Å². The zero-order valence-corrected chi connectivity index (χ0v) is 12.4. The lowest BCUT2D eigenvalue weighted by Crippen LogP contribution is -2.24. The molecule has 100 valence electrons. The summed E-state index contributed by atoms with van der Waals surface area (Å²) in [5.74, 6) is 2.19. The third kappa shape index (κ3) is 2.25. The molecular weight excluding hydrogens is 254 g/mol. The summed E-state index contributed by atoms with van der Waals surface area (Å²) < 4.78 is 2.89. The topological polar surface area (TPSA) is 33.6 Å². The van der Waals surface area contributed by atoms with Gasteiger partial charge in [-0.3, -0.25) is 9.67 Å². The predicted octanol–water partition coefficient (Wildman–Crippen LogP) is 3.97. The smallest absolute Gasteiger partial charge is 0.195 e. The average molecular weight is 273 g/mol. The first-order valence-electron chi connectivity index (χ1n) is 6.71. The van der Waals surface area contributed by atoms with Gasteiger partial charge in [-0.25, -0.2) is 0 Å².